The number of nitrogens with zero attached hydrogens (tertiary/aromatic N) is 1. The lowest BCUT2D eigenvalue weighted by Crippen LogP contribution is -1.67. The number of hydrogen-bond acceptors (Lipinski definition) is 1. The van der Waals surface area contributed by atoms with Crippen molar-refractivity contribution in [2.45, 2.75) is 0 Å². The summed E-state index contributed by atoms with van der Waals surface area (Å²) >= 11 is 3.18. The molecule has 0 saturated heterocycles. The minimum absolute atomic E-state index is 0.201. The smallest absolute Gasteiger partial charge is 0.123 e. The Bertz CT molecular complexity index is 184. The molecule has 0 atom stereocenters. The van der Waals surface area contributed by atoms with Crippen molar-refractivity contribution in [3.05, 3.63) is 34.6 Å². The highest BCUT2D eigenvalue weighted by atomic mass is 79.9. The van der Waals surface area contributed by atoms with Gasteiger partial charge in [0.1, 0.15) is 5.82 Å². The van der Waals surface area contributed by atoms with Crippen molar-refractivity contribution in [2.24, 2.45) is 0 Å². The van der Waals surface area contributed by atoms with Gasteiger partial charge < -0.3 is 0 Å². The molecular weight excluding hydrogens is 197 g/mol. The molecule has 0 aromatic heterocycles. The fraction of sp³-hybridized carbons (Fsp3) is 0. The van der Waals surface area contributed by atoms with Gasteiger partial charge in [0.2, 0.25) is 0 Å². The van der Waals surface area contributed by atoms with Crippen LogP contribution in [0, 0.1) is 17.7 Å². The van der Waals surface area contributed by atoms with Gasteiger partial charge in [0.05, 0.1) is 0 Å². The van der Waals surface area contributed by atoms with Gasteiger partial charge in [-0.15, -0.1) is 0 Å². The molecule has 0 unspecified atom stereocenters. The van der Waals surface area contributed by atoms with E-state index in [0.717, 1.165) is 4.47 Å². The Morgan fingerprint density at radius 1 is 1.20 bits per heavy atom. The van der Waals surface area contributed by atoms with Crippen molar-refractivity contribution in [1.29, 1.82) is 5.26 Å². The molecule has 1 aromatic carbocycles. The van der Waals surface area contributed by atoms with E-state index in [1.54, 1.807) is 12.1 Å². The first-order valence-electron chi connectivity index (χ1n) is 2.46. The predicted octanol–water partition coefficient (Wildman–Crippen LogP) is 2.73. The van der Waals surface area contributed by atoms with Gasteiger partial charge in [-0.1, -0.05) is 15.9 Å². The average molecular weight is 202 g/mol. The van der Waals surface area contributed by atoms with E-state index < -0.39 is 0 Å². The molecule has 0 heterocycles. The molecule has 3 heteroatoms. The summed E-state index contributed by atoms with van der Waals surface area (Å²) in [6.45, 7) is 3.50. The van der Waals surface area contributed by atoms with Gasteiger partial charge in [0.25, 0.3) is 0 Å². The summed E-state index contributed by atoms with van der Waals surface area (Å²) in [6, 6.07) is 6.14. The third-order valence-electron chi connectivity index (χ3n) is 0.804. The molecule has 10 heavy (non-hydrogen) atoms. The zero-order chi connectivity index (χ0) is 7.98. The summed E-state index contributed by atoms with van der Waals surface area (Å²) in [4.78, 5) is 0. The molecule has 0 amide bonds. The molecule has 0 saturated carbocycles. The van der Waals surface area contributed by atoms with Crippen molar-refractivity contribution in [3.8, 4) is 6.57 Å². The van der Waals surface area contributed by atoms with E-state index >= 15 is 0 Å². The lowest BCUT2D eigenvalue weighted by atomic mass is 10.4. The summed E-state index contributed by atoms with van der Waals surface area (Å²) in [6.07, 6.45) is 0. The summed E-state index contributed by atoms with van der Waals surface area (Å²) in [5.41, 5.74) is 0. The van der Waals surface area contributed by atoms with E-state index in [9.17, 15) is 4.39 Å². The summed E-state index contributed by atoms with van der Waals surface area (Å²) in [5.74, 6) is -0.201. The van der Waals surface area contributed by atoms with Crippen LogP contribution in [-0.4, -0.2) is 0 Å². The van der Waals surface area contributed by atoms with Crippen LogP contribution in [0.3, 0.4) is 0 Å². The van der Waals surface area contributed by atoms with Gasteiger partial charge in [-0.2, -0.15) is 0 Å². The minimum Gasteiger partial charge on any atom is -0.207 e. The average Bonchev–Trinajstić information content (AvgIpc) is 2.00. The Balaban J connectivity index is 0.000000371. The maximum Gasteiger partial charge on any atom is 0.123 e. The SMILES string of the molecule is C#N.Fc1ccc(Br)cc1. The molecule has 0 aliphatic rings. The first-order chi connectivity index (χ1) is 4.79. The molecule has 1 aromatic rings. The molecule has 0 fully saturated rings. The topological polar surface area (TPSA) is 23.8 Å². The third kappa shape index (κ3) is 3.21. The summed E-state index contributed by atoms with van der Waals surface area (Å²) < 4.78 is 13.0. The molecule has 0 bridgehead atoms. The molecule has 0 N–H and O–H groups in total. The van der Waals surface area contributed by atoms with E-state index in [1.165, 1.54) is 12.1 Å². The lowest BCUT2D eigenvalue weighted by molar-refractivity contribution is 0.627. The van der Waals surface area contributed by atoms with Gasteiger partial charge in [0.15, 0.2) is 0 Å². The monoisotopic (exact) mass is 201 g/mol. The van der Waals surface area contributed by atoms with Crippen molar-refractivity contribution < 1.29 is 4.39 Å². The Morgan fingerprint density at radius 3 is 1.90 bits per heavy atom. The maximum atomic E-state index is 12.1. The summed E-state index contributed by atoms with van der Waals surface area (Å²) in [5, 5.41) is 6.50. The third-order valence-corrected chi connectivity index (χ3v) is 1.33. The molecule has 0 radical (unpaired) electrons. The molecule has 52 valence electrons. The zero-order valence-corrected chi connectivity index (χ0v) is 6.68. The van der Waals surface area contributed by atoms with Crippen molar-refractivity contribution in [2.75, 3.05) is 0 Å². The van der Waals surface area contributed by atoms with Crippen LogP contribution in [-0.2, 0) is 0 Å². The van der Waals surface area contributed by atoms with Gasteiger partial charge in [-0.05, 0) is 24.3 Å². The number of halogens is 2. The maximum absolute atomic E-state index is 12.1. The number of hydrogen-bond donors (Lipinski definition) is 0. The molecule has 0 aliphatic heterocycles. The highest BCUT2D eigenvalue weighted by Gasteiger charge is 1.84. The van der Waals surface area contributed by atoms with Crippen molar-refractivity contribution in [3.63, 3.8) is 0 Å². The van der Waals surface area contributed by atoms with E-state index in [2.05, 4.69) is 22.5 Å². The first-order valence-corrected chi connectivity index (χ1v) is 3.25. The van der Waals surface area contributed by atoms with Crippen LogP contribution in [0.2, 0.25) is 0 Å². The van der Waals surface area contributed by atoms with Crippen molar-refractivity contribution >= 4 is 15.9 Å². The Labute approximate surface area is 67.2 Å². The van der Waals surface area contributed by atoms with Crippen LogP contribution in [0.25, 0.3) is 0 Å². The van der Waals surface area contributed by atoms with E-state index in [-0.39, 0.29) is 5.82 Å². The standard InChI is InChI=1S/C6H4BrF.CHN/c7-5-1-3-6(8)4-2-5;1-2/h1-4H;1H. The fourth-order valence-corrected chi connectivity index (χ4v) is 0.694. The Morgan fingerprint density at radius 2 is 1.60 bits per heavy atom. The molecule has 0 aliphatic carbocycles. The minimum atomic E-state index is -0.201. The number of rotatable bonds is 0. The second kappa shape index (κ2) is 4.95. The highest BCUT2D eigenvalue weighted by Crippen LogP contribution is 2.08. The van der Waals surface area contributed by atoms with E-state index in [4.69, 9.17) is 5.26 Å². The van der Waals surface area contributed by atoms with Crippen LogP contribution >= 0.6 is 15.9 Å². The Kier molecular flexibility index (Phi) is 4.51. The first kappa shape index (κ1) is 9.12. The Hall–Kier alpha value is -0.880. The van der Waals surface area contributed by atoms with Crippen LogP contribution < -0.4 is 0 Å². The van der Waals surface area contributed by atoms with Crippen LogP contribution in [0.5, 0.6) is 0 Å². The second-order valence-corrected chi connectivity index (χ2v) is 2.35. The lowest BCUT2D eigenvalue weighted by Gasteiger charge is -1.85. The number of benzene rings is 1. The highest BCUT2D eigenvalue weighted by molar-refractivity contribution is 9.10. The zero-order valence-electron chi connectivity index (χ0n) is 5.09. The predicted molar refractivity (Wildman–Crippen MR) is 40.8 cm³/mol. The van der Waals surface area contributed by atoms with Crippen LogP contribution in [0.4, 0.5) is 4.39 Å². The van der Waals surface area contributed by atoms with Gasteiger partial charge in [-0.25, -0.2) is 9.65 Å². The fourth-order valence-electron chi connectivity index (χ4n) is 0.430. The molecule has 0 spiro atoms. The van der Waals surface area contributed by atoms with E-state index in [1.807, 2.05) is 0 Å². The van der Waals surface area contributed by atoms with Crippen LogP contribution in [0.15, 0.2) is 28.7 Å². The number of nitriles is 1. The molecule has 1 nitrogen and oxygen atoms in total. The second-order valence-electron chi connectivity index (χ2n) is 1.44. The van der Waals surface area contributed by atoms with Gasteiger partial charge >= 0.3 is 0 Å². The van der Waals surface area contributed by atoms with Crippen LogP contribution in [0.1, 0.15) is 0 Å². The largest absolute Gasteiger partial charge is 0.207 e. The molecule has 1 rings (SSSR count). The summed E-state index contributed by atoms with van der Waals surface area (Å²) in [7, 11) is 0. The van der Waals surface area contributed by atoms with Gasteiger partial charge in [0, 0.05) is 11.0 Å². The van der Waals surface area contributed by atoms with E-state index in [0.29, 0.717) is 0 Å². The van der Waals surface area contributed by atoms with Gasteiger partial charge in [-0.3, -0.25) is 0 Å². The normalized spacial score (nSPS) is 7.60. The van der Waals surface area contributed by atoms with Crippen molar-refractivity contribution in [1.82, 2.24) is 0 Å². The molecular formula is C7H5BrFN. The quantitative estimate of drug-likeness (QED) is 0.634.